The molecule has 2 atom stereocenters. The van der Waals surface area contributed by atoms with E-state index in [0.29, 0.717) is 22.6 Å². The highest BCUT2D eigenvalue weighted by Crippen LogP contribution is 2.29. The summed E-state index contributed by atoms with van der Waals surface area (Å²) in [5, 5.41) is 1.43. The van der Waals surface area contributed by atoms with Crippen molar-refractivity contribution in [1.82, 2.24) is 0 Å². The van der Waals surface area contributed by atoms with Gasteiger partial charge >= 0.3 is 0 Å². The van der Waals surface area contributed by atoms with E-state index in [4.69, 9.17) is 33.7 Å². The summed E-state index contributed by atoms with van der Waals surface area (Å²) < 4.78 is 5.44. The number of benzene rings is 1. The lowest BCUT2D eigenvalue weighted by Gasteiger charge is -2.29. The lowest BCUT2D eigenvalue weighted by Crippen LogP contribution is -2.39. The third kappa shape index (κ3) is 2.69. The molecule has 0 unspecified atom stereocenters. The lowest BCUT2D eigenvalue weighted by molar-refractivity contribution is 0.0422. The van der Waals surface area contributed by atoms with Crippen LogP contribution in [0.1, 0.15) is 12.0 Å². The Morgan fingerprint density at radius 1 is 1.31 bits per heavy atom. The molecule has 0 aromatic heterocycles. The molecule has 2 rings (SSSR count). The van der Waals surface area contributed by atoms with Crippen molar-refractivity contribution in [3.63, 3.8) is 0 Å². The van der Waals surface area contributed by atoms with E-state index >= 15 is 0 Å². The summed E-state index contributed by atoms with van der Waals surface area (Å²) in [5.74, 6) is 0.311. The van der Waals surface area contributed by atoms with Gasteiger partial charge in [-0.05, 0) is 30.5 Å². The number of nitrogens with two attached hydrogens (primary N) is 1. The Kier molecular flexibility index (Phi) is 4.09. The Morgan fingerprint density at radius 3 is 2.62 bits per heavy atom. The minimum Gasteiger partial charge on any atom is -0.381 e. The Morgan fingerprint density at radius 2 is 2.00 bits per heavy atom. The van der Waals surface area contributed by atoms with Gasteiger partial charge in [-0.3, -0.25) is 0 Å². The SMILES string of the molecule is N[C@@H]1CCOC[C@@H]1Cc1c(Cl)cccc1Cl. The predicted octanol–water partition coefficient (Wildman–Crippen LogP) is 2.90. The molecule has 0 radical (unpaired) electrons. The molecule has 1 aromatic rings. The Labute approximate surface area is 106 Å². The number of ether oxygens (including phenoxy) is 1. The molecule has 1 saturated heterocycles. The highest BCUT2D eigenvalue weighted by molar-refractivity contribution is 6.35. The normalized spacial score (nSPS) is 25.7. The first-order chi connectivity index (χ1) is 7.68. The number of hydrogen-bond donors (Lipinski definition) is 1. The van der Waals surface area contributed by atoms with E-state index in [-0.39, 0.29) is 6.04 Å². The third-order valence-electron chi connectivity index (χ3n) is 3.06. The van der Waals surface area contributed by atoms with Crippen molar-refractivity contribution in [2.45, 2.75) is 18.9 Å². The van der Waals surface area contributed by atoms with Crippen molar-refractivity contribution in [2.75, 3.05) is 13.2 Å². The standard InChI is InChI=1S/C12H15Cl2NO/c13-10-2-1-3-11(14)9(10)6-8-7-16-5-4-12(8)15/h1-3,8,12H,4-7,15H2/t8-,12+/m0/s1. The summed E-state index contributed by atoms with van der Waals surface area (Å²) in [6.45, 7) is 1.45. The highest BCUT2D eigenvalue weighted by atomic mass is 35.5. The van der Waals surface area contributed by atoms with Crippen LogP contribution in [0.25, 0.3) is 0 Å². The zero-order valence-corrected chi connectivity index (χ0v) is 10.5. The largest absolute Gasteiger partial charge is 0.381 e. The molecule has 0 spiro atoms. The van der Waals surface area contributed by atoms with E-state index in [0.717, 1.165) is 25.0 Å². The van der Waals surface area contributed by atoms with E-state index in [1.165, 1.54) is 0 Å². The number of hydrogen-bond acceptors (Lipinski definition) is 2. The zero-order valence-electron chi connectivity index (χ0n) is 8.96. The van der Waals surface area contributed by atoms with Crippen LogP contribution < -0.4 is 5.73 Å². The third-order valence-corrected chi connectivity index (χ3v) is 3.77. The van der Waals surface area contributed by atoms with Crippen LogP contribution in [0.4, 0.5) is 0 Å². The monoisotopic (exact) mass is 259 g/mol. The summed E-state index contributed by atoms with van der Waals surface area (Å²) in [5.41, 5.74) is 7.04. The number of rotatable bonds is 2. The minimum atomic E-state index is 0.182. The Balaban J connectivity index is 2.13. The Hall–Kier alpha value is -0.280. The molecule has 2 N–H and O–H groups in total. The molecule has 88 valence electrons. The maximum absolute atomic E-state index is 6.13. The van der Waals surface area contributed by atoms with Crippen molar-refractivity contribution in [3.8, 4) is 0 Å². The lowest BCUT2D eigenvalue weighted by atomic mass is 9.90. The van der Waals surface area contributed by atoms with E-state index in [2.05, 4.69) is 0 Å². The Bertz CT molecular complexity index is 350. The van der Waals surface area contributed by atoms with Crippen molar-refractivity contribution in [3.05, 3.63) is 33.8 Å². The molecule has 1 aliphatic heterocycles. The van der Waals surface area contributed by atoms with Gasteiger partial charge in [-0.1, -0.05) is 29.3 Å². The second-order valence-electron chi connectivity index (χ2n) is 4.19. The fourth-order valence-electron chi connectivity index (χ4n) is 2.01. The van der Waals surface area contributed by atoms with Crippen molar-refractivity contribution >= 4 is 23.2 Å². The first-order valence-electron chi connectivity index (χ1n) is 5.44. The van der Waals surface area contributed by atoms with Gasteiger partial charge in [0.2, 0.25) is 0 Å². The van der Waals surface area contributed by atoms with Crippen molar-refractivity contribution < 1.29 is 4.74 Å². The van der Waals surface area contributed by atoms with Gasteiger partial charge in [0.15, 0.2) is 0 Å². The fraction of sp³-hybridized carbons (Fsp3) is 0.500. The van der Waals surface area contributed by atoms with Crippen LogP contribution in [-0.4, -0.2) is 19.3 Å². The van der Waals surface area contributed by atoms with E-state index in [1.807, 2.05) is 18.2 Å². The molecule has 1 heterocycles. The van der Waals surface area contributed by atoms with E-state index in [9.17, 15) is 0 Å². The number of halogens is 2. The van der Waals surface area contributed by atoms with Crippen LogP contribution >= 0.6 is 23.2 Å². The van der Waals surface area contributed by atoms with Gasteiger partial charge in [0.05, 0.1) is 6.61 Å². The van der Waals surface area contributed by atoms with Gasteiger partial charge in [-0.2, -0.15) is 0 Å². The van der Waals surface area contributed by atoms with Crippen LogP contribution in [0.5, 0.6) is 0 Å². The van der Waals surface area contributed by atoms with E-state index in [1.54, 1.807) is 0 Å². The molecule has 1 aliphatic rings. The van der Waals surface area contributed by atoms with Crippen molar-refractivity contribution in [1.29, 1.82) is 0 Å². The fourth-order valence-corrected chi connectivity index (χ4v) is 2.57. The molecule has 0 saturated carbocycles. The first-order valence-corrected chi connectivity index (χ1v) is 6.20. The zero-order chi connectivity index (χ0) is 11.5. The molecule has 1 aromatic carbocycles. The summed E-state index contributed by atoms with van der Waals surface area (Å²) in [4.78, 5) is 0. The van der Waals surface area contributed by atoms with E-state index < -0.39 is 0 Å². The van der Waals surface area contributed by atoms with Gasteiger partial charge in [0.25, 0.3) is 0 Å². The second-order valence-corrected chi connectivity index (χ2v) is 5.01. The van der Waals surface area contributed by atoms with Crippen molar-refractivity contribution in [2.24, 2.45) is 11.7 Å². The second kappa shape index (κ2) is 5.37. The molecule has 0 bridgehead atoms. The molecule has 1 fully saturated rings. The molecule has 4 heteroatoms. The molecule has 0 amide bonds. The van der Waals surface area contributed by atoms with Crippen LogP contribution in [0, 0.1) is 5.92 Å². The molecule has 0 aliphatic carbocycles. The summed E-state index contributed by atoms with van der Waals surface area (Å²) in [6.07, 6.45) is 1.70. The molecule has 16 heavy (non-hydrogen) atoms. The van der Waals surface area contributed by atoms with Crippen LogP contribution in [0.2, 0.25) is 10.0 Å². The minimum absolute atomic E-state index is 0.182. The van der Waals surface area contributed by atoms with Crippen LogP contribution in [0.3, 0.4) is 0 Å². The van der Waals surface area contributed by atoms with Gasteiger partial charge in [-0.25, -0.2) is 0 Å². The molecular formula is C12H15Cl2NO. The maximum atomic E-state index is 6.13. The quantitative estimate of drug-likeness (QED) is 0.887. The summed E-state index contributed by atoms with van der Waals surface area (Å²) in [6, 6.07) is 5.75. The smallest absolute Gasteiger partial charge is 0.0512 e. The van der Waals surface area contributed by atoms with Crippen LogP contribution in [-0.2, 0) is 11.2 Å². The van der Waals surface area contributed by atoms with Gasteiger partial charge < -0.3 is 10.5 Å². The average molecular weight is 260 g/mol. The molecule has 2 nitrogen and oxygen atoms in total. The average Bonchev–Trinajstić information content (AvgIpc) is 2.26. The van der Waals surface area contributed by atoms with Gasteiger partial charge in [0.1, 0.15) is 0 Å². The molecular weight excluding hydrogens is 245 g/mol. The van der Waals surface area contributed by atoms with Gasteiger partial charge in [0, 0.05) is 28.6 Å². The van der Waals surface area contributed by atoms with Gasteiger partial charge in [-0.15, -0.1) is 0 Å². The summed E-state index contributed by atoms with van der Waals surface area (Å²) >= 11 is 12.3. The van der Waals surface area contributed by atoms with Crippen LogP contribution in [0.15, 0.2) is 18.2 Å². The summed E-state index contributed by atoms with van der Waals surface area (Å²) in [7, 11) is 0. The topological polar surface area (TPSA) is 35.2 Å². The highest BCUT2D eigenvalue weighted by Gasteiger charge is 2.24. The predicted molar refractivity (Wildman–Crippen MR) is 67.1 cm³/mol. The first kappa shape index (κ1) is 12.2. The maximum Gasteiger partial charge on any atom is 0.0512 e.